The van der Waals surface area contributed by atoms with Crippen LogP contribution in [-0.4, -0.2) is 22.3 Å². The van der Waals surface area contributed by atoms with Gasteiger partial charge in [-0.2, -0.15) is 0 Å². The van der Waals surface area contributed by atoms with Crippen LogP contribution in [0.2, 0.25) is 0 Å². The van der Waals surface area contributed by atoms with Crippen LogP contribution in [0.3, 0.4) is 0 Å². The van der Waals surface area contributed by atoms with Gasteiger partial charge in [-0.15, -0.1) is 0 Å². The zero-order valence-electron chi connectivity index (χ0n) is 24.4. The maximum Gasteiger partial charge on any atom is 0.185 e. The minimum atomic E-state index is -0.805. The third-order valence-electron chi connectivity index (χ3n) is 8.13. The largest absolute Gasteiger partial charge is 0.390 e. The van der Waals surface area contributed by atoms with Crippen molar-refractivity contribution in [3.63, 3.8) is 0 Å². The molecule has 3 unspecified atom stereocenters. The van der Waals surface area contributed by atoms with Crippen LogP contribution in [0.5, 0.6) is 0 Å². The van der Waals surface area contributed by atoms with Crippen molar-refractivity contribution in [2.24, 2.45) is 17.8 Å². The Kier molecular flexibility index (Phi) is 14.4. The predicted octanol–water partition coefficient (Wildman–Crippen LogP) is 8.93. The van der Waals surface area contributed by atoms with Crippen molar-refractivity contribution in [1.82, 2.24) is 0 Å². The lowest BCUT2D eigenvalue weighted by Crippen LogP contribution is -2.27. The van der Waals surface area contributed by atoms with Crippen molar-refractivity contribution in [3.05, 3.63) is 22.3 Å². The predicted molar refractivity (Wildman–Crippen MR) is 150 cm³/mol. The van der Waals surface area contributed by atoms with Crippen LogP contribution in [-0.2, 0) is 9.59 Å². The van der Waals surface area contributed by atoms with Gasteiger partial charge < -0.3 is 5.11 Å². The second-order valence-corrected chi connectivity index (χ2v) is 12.3. The smallest absolute Gasteiger partial charge is 0.185 e. The van der Waals surface area contributed by atoms with E-state index in [-0.39, 0.29) is 11.6 Å². The van der Waals surface area contributed by atoms with Gasteiger partial charge in [0.1, 0.15) is 0 Å². The molecule has 0 aromatic heterocycles. The lowest BCUT2D eigenvalue weighted by molar-refractivity contribution is -0.116. The Hall–Kier alpha value is -1.22. The third-order valence-corrected chi connectivity index (χ3v) is 8.13. The number of hydrogen-bond acceptors (Lipinski definition) is 3. The molecule has 1 rings (SSSR count). The topological polar surface area (TPSA) is 54.4 Å². The number of Topliss-reactive ketones (excluding diaryl/α,β-unsaturated/α-hetero) is 2. The SMILES string of the molecule is CCCCC1=C(CCC(C)(O)CCCC(C)CCCC(C)CCCC(C)C)C(=O)C(C)=C(C)C1=O. The summed E-state index contributed by atoms with van der Waals surface area (Å²) in [6.07, 6.45) is 14.4. The van der Waals surface area contributed by atoms with Gasteiger partial charge in [0.05, 0.1) is 5.60 Å². The Balaban J connectivity index is 2.46. The molecule has 202 valence electrons. The van der Waals surface area contributed by atoms with Crippen LogP contribution in [0.25, 0.3) is 0 Å². The number of aliphatic hydroxyl groups is 1. The molecule has 1 aliphatic rings. The first-order chi connectivity index (χ1) is 16.4. The van der Waals surface area contributed by atoms with Gasteiger partial charge in [-0.1, -0.05) is 92.4 Å². The van der Waals surface area contributed by atoms with E-state index in [0.717, 1.165) is 43.9 Å². The number of carbonyl (C=O) groups is 2. The summed E-state index contributed by atoms with van der Waals surface area (Å²) in [6, 6.07) is 0. The van der Waals surface area contributed by atoms with Gasteiger partial charge in [-0.05, 0) is 70.6 Å². The van der Waals surface area contributed by atoms with Crippen LogP contribution >= 0.6 is 0 Å². The highest BCUT2D eigenvalue weighted by Crippen LogP contribution is 2.33. The van der Waals surface area contributed by atoms with E-state index >= 15 is 0 Å². The maximum atomic E-state index is 13.0. The van der Waals surface area contributed by atoms with Gasteiger partial charge in [0.15, 0.2) is 11.6 Å². The van der Waals surface area contributed by atoms with Crippen LogP contribution < -0.4 is 0 Å². The number of carbonyl (C=O) groups excluding carboxylic acids is 2. The van der Waals surface area contributed by atoms with E-state index in [2.05, 4.69) is 34.6 Å². The molecule has 0 spiro atoms. The number of rotatable bonds is 18. The van der Waals surface area contributed by atoms with E-state index in [1.165, 1.54) is 38.5 Å². The van der Waals surface area contributed by atoms with Gasteiger partial charge in [0.25, 0.3) is 0 Å². The first kappa shape index (κ1) is 31.8. The molecule has 0 saturated carbocycles. The Morgan fingerprint density at radius 3 is 1.63 bits per heavy atom. The summed E-state index contributed by atoms with van der Waals surface area (Å²) in [5, 5.41) is 11.0. The normalized spacial score (nSPS) is 18.5. The Morgan fingerprint density at radius 1 is 0.686 bits per heavy atom. The Morgan fingerprint density at radius 2 is 1.14 bits per heavy atom. The fourth-order valence-corrected chi connectivity index (χ4v) is 5.28. The molecular weight excluding hydrogens is 432 g/mol. The summed E-state index contributed by atoms with van der Waals surface area (Å²) in [5.74, 6) is 2.37. The number of allylic oxidation sites excluding steroid dienone is 4. The van der Waals surface area contributed by atoms with Crippen molar-refractivity contribution in [1.29, 1.82) is 0 Å². The molecule has 35 heavy (non-hydrogen) atoms. The molecule has 1 N–H and O–H groups in total. The van der Waals surface area contributed by atoms with Crippen molar-refractivity contribution in [2.75, 3.05) is 0 Å². The summed E-state index contributed by atoms with van der Waals surface area (Å²) in [4.78, 5) is 25.8. The Labute approximate surface area is 217 Å². The summed E-state index contributed by atoms with van der Waals surface area (Å²) in [6.45, 7) is 16.9. The molecule has 0 fully saturated rings. The van der Waals surface area contributed by atoms with Gasteiger partial charge in [0, 0.05) is 22.3 Å². The van der Waals surface area contributed by atoms with Crippen molar-refractivity contribution < 1.29 is 14.7 Å². The molecule has 0 amide bonds. The molecule has 0 heterocycles. The quantitative estimate of drug-likeness (QED) is 0.196. The first-order valence-corrected chi connectivity index (χ1v) is 14.6. The number of hydrogen-bond donors (Lipinski definition) is 1. The molecular formula is C32H56O3. The number of ketones is 2. The maximum absolute atomic E-state index is 13.0. The Bertz CT molecular complexity index is 738. The second-order valence-electron chi connectivity index (χ2n) is 12.3. The van der Waals surface area contributed by atoms with Gasteiger partial charge in [-0.25, -0.2) is 0 Å². The summed E-state index contributed by atoms with van der Waals surface area (Å²) in [7, 11) is 0. The fraction of sp³-hybridized carbons (Fsp3) is 0.812. The first-order valence-electron chi connectivity index (χ1n) is 14.6. The van der Waals surface area contributed by atoms with Crippen molar-refractivity contribution in [2.45, 2.75) is 151 Å². The van der Waals surface area contributed by atoms with Crippen LogP contribution in [0, 0.1) is 17.8 Å². The van der Waals surface area contributed by atoms with E-state index in [0.29, 0.717) is 47.5 Å². The van der Waals surface area contributed by atoms with Crippen LogP contribution in [0.15, 0.2) is 22.3 Å². The van der Waals surface area contributed by atoms with Crippen LogP contribution in [0.4, 0.5) is 0 Å². The van der Waals surface area contributed by atoms with Gasteiger partial charge in [-0.3, -0.25) is 9.59 Å². The molecule has 0 bridgehead atoms. The molecule has 0 saturated heterocycles. The lowest BCUT2D eigenvalue weighted by atomic mass is 9.79. The summed E-state index contributed by atoms with van der Waals surface area (Å²) in [5.41, 5.74) is 1.72. The van der Waals surface area contributed by atoms with Gasteiger partial charge >= 0.3 is 0 Å². The van der Waals surface area contributed by atoms with E-state index in [4.69, 9.17) is 0 Å². The molecule has 0 aliphatic heterocycles. The van der Waals surface area contributed by atoms with E-state index < -0.39 is 5.60 Å². The molecule has 3 heteroatoms. The monoisotopic (exact) mass is 488 g/mol. The zero-order valence-corrected chi connectivity index (χ0v) is 24.4. The van der Waals surface area contributed by atoms with E-state index in [1.54, 1.807) is 13.8 Å². The van der Waals surface area contributed by atoms with Crippen molar-refractivity contribution >= 4 is 11.6 Å². The second kappa shape index (κ2) is 15.8. The van der Waals surface area contributed by atoms with E-state index in [1.807, 2.05) is 6.92 Å². The number of unbranched alkanes of at least 4 members (excludes halogenated alkanes) is 1. The average Bonchev–Trinajstić information content (AvgIpc) is 2.78. The summed E-state index contributed by atoms with van der Waals surface area (Å²) >= 11 is 0. The fourth-order valence-electron chi connectivity index (χ4n) is 5.28. The highest BCUT2D eigenvalue weighted by atomic mass is 16.3. The molecule has 3 atom stereocenters. The highest BCUT2D eigenvalue weighted by molar-refractivity contribution is 6.24. The van der Waals surface area contributed by atoms with Gasteiger partial charge in [0.2, 0.25) is 0 Å². The summed E-state index contributed by atoms with van der Waals surface area (Å²) < 4.78 is 0. The molecule has 1 aliphatic carbocycles. The molecule has 0 radical (unpaired) electrons. The molecule has 0 aromatic carbocycles. The zero-order chi connectivity index (χ0) is 26.6. The van der Waals surface area contributed by atoms with Crippen molar-refractivity contribution in [3.8, 4) is 0 Å². The minimum absolute atomic E-state index is 0.0102. The lowest BCUT2D eigenvalue weighted by Gasteiger charge is -2.27. The minimum Gasteiger partial charge on any atom is -0.390 e. The average molecular weight is 489 g/mol. The molecule has 3 nitrogen and oxygen atoms in total. The third kappa shape index (κ3) is 11.6. The molecule has 0 aromatic rings. The highest BCUT2D eigenvalue weighted by Gasteiger charge is 2.31. The van der Waals surface area contributed by atoms with Crippen LogP contribution in [0.1, 0.15) is 145 Å². The van der Waals surface area contributed by atoms with E-state index in [9.17, 15) is 14.7 Å². The standard InChI is InChI=1S/C32H56O3/c1-9-10-19-28-29(31(34)27(7)26(6)30(28)33)20-22-32(8,35)21-13-18-25(5)17-12-16-24(4)15-11-14-23(2)3/h23-25,35H,9-22H2,1-8H3.